The smallest absolute Gasteiger partial charge is 0.394 e. The van der Waals surface area contributed by atoms with E-state index >= 15 is 0 Å². The van der Waals surface area contributed by atoms with Crippen molar-refractivity contribution < 1.29 is 38.5 Å². The number of ketones is 1. The van der Waals surface area contributed by atoms with Crippen LogP contribution in [0.1, 0.15) is 15.9 Å². The molecule has 3 N–H and O–H groups in total. The van der Waals surface area contributed by atoms with Crippen LogP contribution in [-0.2, 0) is 20.8 Å². The third kappa shape index (κ3) is 5.90. The van der Waals surface area contributed by atoms with Gasteiger partial charge in [-0.05, 0) is 42.0 Å². The number of benzene rings is 2. The zero-order chi connectivity index (χ0) is 20.7. The summed E-state index contributed by atoms with van der Waals surface area (Å²) in [5.74, 6) is -5.01. The number of rotatable bonds is 8. The Morgan fingerprint density at radius 2 is 1.57 bits per heavy atom. The summed E-state index contributed by atoms with van der Waals surface area (Å²) in [4.78, 5) is 44.8. The van der Waals surface area contributed by atoms with Crippen molar-refractivity contribution in [2.45, 2.75) is 12.5 Å². The fraction of sp³-hybridized carbons (Fsp3) is 0.158. The zero-order valence-electron chi connectivity index (χ0n) is 14.4. The van der Waals surface area contributed by atoms with Crippen LogP contribution in [0.3, 0.4) is 0 Å². The van der Waals surface area contributed by atoms with Crippen molar-refractivity contribution in [3.8, 4) is 5.75 Å². The van der Waals surface area contributed by atoms with Gasteiger partial charge in [-0.1, -0.05) is 12.1 Å². The molecular weight excluding hydrogens is 373 g/mol. The molecule has 2 aromatic rings. The number of nitrogens with one attached hydrogen (secondary N) is 1. The highest BCUT2D eigenvalue weighted by Crippen LogP contribution is 2.14. The van der Waals surface area contributed by atoms with E-state index in [2.05, 4.69) is 0 Å². The van der Waals surface area contributed by atoms with Crippen LogP contribution in [0.4, 0.5) is 4.39 Å². The van der Waals surface area contributed by atoms with E-state index in [1.54, 1.807) is 0 Å². The van der Waals surface area contributed by atoms with Gasteiger partial charge in [0, 0.05) is 12.0 Å². The molecule has 2 aromatic carbocycles. The Hall–Kier alpha value is -3.75. The second kappa shape index (κ2) is 9.26. The van der Waals surface area contributed by atoms with Gasteiger partial charge in [0.05, 0.1) is 0 Å². The Morgan fingerprint density at radius 1 is 0.964 bits per heavy atom. The van der Waals surface area contributed by atoms with Gasteiger partial charge >= 0.3 is 17.8 Å². The quantitative estimate of drug-likeness (QED) is 0.458. The molecule has 0 aliphatic carbocycles. The summed E-state index contributed by atoms with van der Waals surface area (Å²) in [6, 6.07) is 9.70. The molecule has 1 amide bonds. The normalized spacial score (nSPS) is 11.3. The lowest BCUT2D eigenvalue weighted by molar-refractivity contribution is -0.152. The van der Waals surface area contributed by atoms with Gasteiger partial charge in [0.25, 0.3) is 0 Å². The van der Waals surface area contributed by atoms with E-state index in [1.165, 1.54) is 48.5 Å². The molecule has 0 fully saturated rings. The number of Topliss-reactive ketones (excluding diaryl/α,β-unsaturated/α-hetero) is 1. The minimum Gasteiger partial charge on any atom is -0.485 e. The number of carboxylic acids is 2. The van der Waals surface area contributed by atoms with Crippen molar-refractivity contribution in [1.82, 2.24) is 5.32 Å². The maximum Gasteiger partial charge on any atom is 0.394 e. The van der Waals surface area contributed by atoms with Crippen LogP contribution in [0.2, 0.25) is 0 Å². The summed E-state index contributed by atoms with van der Waals surface area (Å²) in [6.45, 7) is -0.266. The largest absolute Gasteiger partial charge is 0.485 e. The molecule has 0 saturated carbocycles. The molecule has 0 radical (unpaired) electrons. The summed E-state index contributed by atoms with van der Waals surface area (Å²) in [6.07, 6.45) is -0.136. The Kier molecular flexibility index (Phi) is 6.80. The first-order valence-corrected chi connectivity index (χ1v) is 8.03. The zero-order valence-corrected chi connectivity index (χ0v) is 14.4. The van der Waals surface area contributed by atoms with Crippen molar-refractivity contribution in [2.24, 2.45) is 0 Å². The fourth-order valence-electron chi connectivity index (χ4n) is 2.25. The molecule has 0 aromatic heterocycles. The lowest BCUT2D eigenvalue weighted by Gasteiger charge is -2.13. The average Bonchev–Trinajstić information content (AvgIpc) is 2.66. The standard InChI is InChI=1S/C19H16FNO7/c20-13-5-3-12(4-6-13)16(22)10-28-14-7-1-11(2-8-14)9-15(18(24)25)21-17(23)19(26)27/h1-8,15H,9-10H2,(H,21,23)(H,24,25)(H,26,27)/t15-/m1/s1. The molecule has 9 heteroatoms. The predicted octanol–water partition coefficient (Wildman–Crippen LogP) is 1.28. The number of hydrogen-bond acceptors (Lipinski definition) is 5. The van der Waals surface area contributed by atoms with Gasteiger partial charge < -0.3 is 20.3 Å². The maximum absolute atomic E-state index is 12.9. The molecule has 146 valence electrons. The van der Waals surface area contributed by atoms with Gasteiger partial charge in [-0.25, -0.2) is 14.0 Å². The van der Waals surface area contributed by atoms with Crippen molar-refractivity contribution >= 4 is 23.6 Å². The first kappa shape index (κ1) is 20.6. The van der Waals surface area contributed by atoms with E-state index in [0.717, 1.165) is 0 Å². The number of carbonyl (C=O) groups is 4. The number of carbonyl (C=O) groups excluding carboxylic acids is 2. The minimum atomic E-state index is -1.78. The van der Waals surface area contributed by atoms with Gasteiger partial charge in [0.15, 0.2) is 12.4 Å². The average molecular weight is 389 g/mol. The van der Waals surface area contributed by atoms with Crippen LogP contribution < -0.4 is 10.1 Å². The first-order chi connectivity index (χ1) is 13.3. The number of amides is 1. The van der Waals surface area contributed by atoms with E-state index in [1.807, 2.05) is 5.32 Å². The number of carboxylic acid groups (broad SMARTS) is 2. The van der Waals surface area contributed by atoms with Crippen molar-refractivity contribution in [3.63, 3.8) is 0 Å². The molecule has 1 atom stereocenters. The van der Waals surface area contributed by atoms with Crippen LogP contribution in [-0.4, -0.2) is 46.5 Å². The molecular formula is C19H16FNO7. The van der Waals surface area contributed by atoms with Gasteiger partial charge in [-0.2, -0.15) is 0 Å². The Labute approximate surface area is 158 Å². The lowest BCUT2D eigenvalue weighted by atomic mass is 10.1. The number of aliphatic carboxylic acids is 2. The Balaban J connectivity index is 1.93. The molecule has 0 heterocycles. The van der Waals surface area contributed by atoms with Crippen LogP contribution in [0.5, 0.6) is 5.75 Å². The van der Waals surface area contributed by atoms with E-state index in [-0.39, 0.29) is 18.8 Å². The Bertz CT molecular complexity index is 878. The third-order valence-electron chi connectivity index (χ3n) is 3.70. The van der Waals surface area contributed by atoms with E-state index in [0.29, 0.717) is 16.9 Å². The highest BCUT2D eigenvalue weighted by molar-refractivity contribution is 6.31. The van der Waals surface area contributed by atoms with Gasteiger partial charge in [0.2, 0.25) is 0 Å². The highest BCUT2D eigenvalue weighted by Gasteiger charge is 2.23. The van der Waals surface area contributed by atoms with Gasteiger partial charge in [0.1, 0.15) is 17.6 Å². The molecule has 0 bridgehead atoms. The Morgan fingerprint density at radius 3 is 2.11 bits per heavy atom. The second-order valence-electron chi connectivity index (χ2n) is 5.74. The predicted molar refractivity (Wildman–Crippen MR) is 93.6 cm³/mol. The van der Waals surface area contributed by atoms with E-state index < -0.39 is 29.7 Å². The lowest BCUT2D eigenvalue weighted by Crippen LogP contribution is -2.45. The fourth-order valence-corrected chi connectivity index (χ4v) is 2.25. The molecule has 0 saturated heterocycles. The second-order valence-corrected chi connectivity index (χ2v) is 5.74. The molecule has 0 aliphatic rings. The summed E-state index contributed by atoms with van der Waals surface area (Å²) < 4.78 is 18.2. The van der Waals surface area contributed by atoms with Crippen LogP contribution in [0.15, 0.2) is 48.5 Å². The molecule has 0 unspecified atom stereocenters. The minimum absolute atomic E-state index is 0.136. The van der Waals surface area contributed by atoms with Crippen LogP contribution in [0.25, 0.3) is 0 Å². The monoisotopic (exact) mass is 389 g/mol. The van der Waals surface area contributed by atoms with Gasteiger partial charge in [-0.15, -0.1) is 0 Å². The van der Waals surface area contributed by atoms with E-state index in [9.17, 15) is 23.6 Å². The number of halogens is 1. The molecule has 28 heavy (non-hydrogen) atoms. The molecule has 8 nitrogen and oxygen atoms in total. The molecule has 2 rings (SSSR count). The highest BCUT2D eigenvalue weighted by atomic mass is 19.1. The van der Waals surface area contributed by atoms with Crippen LogP contribution in [0, 0.1) is 5.82 Å². The van der Waals surface area contributed by atoms with Crippen molar-refractivity contribution in [2.75, 3.05) is 6.61 Å². The molecule has 0 spiro atoms. The number of ether oxygens (including phenoxy) is 1. The van der Waals surface area contributed by atoms with E-state index in [4.69, 9.17) is 14.9 Å². The summed E-state index contributed by atoms with van der Waals surface area (Å²) in [5.41, 5.74) is 0.812. The topological polar surface area (TPSA) is 130 Å². The number of hydrogen-bond donors (Lipinski definition) is 3. The van der Waals surface area contributed by atoms with Crippen molar-refractivity contribution in [1.29, 1.82) is 0 Å². The summed E-state index contributed by atoms with van der Waals surface area (Å²) in [5, 5.41) is 19.5. The van der Waals surface area contributed by atoms with Crippen molar-refractivity contribution in [3.05, 3.63) is 65.5 Å². The first-order valence-electron chi connectivity index (χ1n) is 8.03. The maximum atomic E-state index is 12.9. The summed E-state index contributed by atoms with van der Waals surface area (Å²) in [7, 11) is 0. The third-order valence-corrected chi connectivity index (χ3v) is 3.70. The van der Waals surface area contributed by atoms with Crippen LogP contribution >= 0.6 is 0 Å². The summed E-state index contributed by atoms with van der Waals surface area (Å²) >= 11 is 0. The molecule has 0 aliphatic heterocycles. The van der Waals surface area contributed by atoms with Gasteiger partial charge in [-0.3, -0.25) is 9.59 Å². The SMILES string of the molecule is O=C(O)C(=O)N[C@H](Cc1ccc(OCC(=O)c2ccc(F)cc2)cc1)C(=O)O.